The van der Waals surface area contributed by atoms with Gasteiger partial charge in [0.05, 0.1) is 11.6 Å². The Balaban J connectivity index is 1.57. The van der Waals surface area contributed by atoms with Gasteiger partial charge in [-0.3, -0.25) is 4.79 Å². The number of likely N-dealkylation sites (tertiary alicyclic amines) is 1. The van der Waals surface area contributed by atoms with Crippen molar-refractivity contribution in [3.8, 4) is 0 Å². The summed E-state index contributed by atoms with van der Waals surface area (Å²) in [5.74, 6) is 0.0113. The topological polar surface area (TPSA) is 52.6 Å². The molecule has 5 heteroatoms. The number of carbonyl (C=O) groups is 1. The van der Waals surface area contributed by atoms with Gasteiger partial charge in [-0.1, -0.05) is 12.1 Å². The van der Waals surface area contributed by atoms with Gasteiger partial charge < -0.3 is 15.3 Å². The summed E-state index contributed by atoms with van der Waals surface area (Å²) < 4.78 is 13.0. The second kappa shape index (κ2) is 6.57. The molecule has 126 valence electrons. The van der Waals surface area contributed by atoms with E-state index in [0.717, 1.165) is 37.8 Å². The summed E-state index contributed by atoms with van der Waals surface area (Å²) in [6, 6.07) is 6.04. The van der Waals surface area contributed by atoms with E-state index >= 15 is 0 Å². The molecular weight excluding hydrogens is 295 g/mol. The number of carbonyl (C=O) groups excluding carboxylic acids is 1. The van der Waals surface area contributed by atoms with Crippen LogP contribution in [0.4, 0.5) is 4.39 Å². The van der Waals surface area contributed by atoms with E-state index in [1.807, 2.05) is 11.8 Å². The van der Waals surface area contributed by atoms with E-state index in [1.54, 1.807) is 12.1 Å². The fourth-order valence-electron chi connectivity index (χ4n) is 3.78. The summed E-state index contributed by atoms with van der Waals surface area (Å²) in [5, 5.41) is 13.8. The molecule has 2 fully saturated rings. The van der Waals surface area contributed by atoms with Gasteiger partial charge in [-0.15, -0.1) is 0 Å². The summed E-state index contributed by atoms with van der Waals surface area (Å²) in [4.78, 5) is 14.6. The molecule has 0 spiro atoms. The van der Waals surface area contributed by atoms with E-state index in [4.69, 9.17) is 0 Å². The van der Waals surface area contributed by atoms with Crippen molar-refractivity contribution in [3.63, 3.8) is 0 Å². The van der Waals surface area contributed by atoms with Crippen LogP contribution in [0.15, 0.2) is 24.3 Å². The highest BCUT2D eigenvalue weighted by molar-refractivity contribution is 5.86. The van der Waals surface area contributed by atoms with Gasteiger partial charge in [0.15, 0.2) is 0 Å². The Morgan fingerprint density at radius 3 is 2.57 bits per heavy atom. The second-order valence-corrected chi connectivity index (χ2v) is 6.99. The molecule has 2 saturated heterocycles. The molecule has 0 radical (unpaired) electrons. The van der Waals surface area contributed by atoms with E-state index in [-0.39, 0.29) is 17.6 Å². The number of piperidine rings is 1. The number of aliphatic hydroxyl groups is 1. The van der Waals surface area contributed by atoms with Crippen LogP contribution in [0, 0.1) is 11.7 Å². The lowest BCUT2D eigenvalue weighted by molar-refractivity contribution is -0.139. The average molecular weight is 320 g/mol. The second-order valence-electron chi connectivity index (χ2n) is 6.99. The molecule has 1 amide bonds. The Bertz CT molecular complexity index is 547. The minimum Gasteiger partial charge on any atom is -0.388 e. The normalized spacial score (nSPS) is 27.2. The molecule has 23 heavy (non-hydrogen) atoms. The maximum Gasteiger partial charge on any atom is 0.242 e. The van der Waals surface area contributed by atoms with E-state index in [9.17, 15) is 14.3 Å². The third kappa shape index (κ3) is 3.40. The van der Waals surface area contributed by atoms with Gasteiger partial charge in [-0.05, 0) is 62.8 Å². The van der Waals surface area contributed by atoms with E-state index in [2.05, 4.69) is 5.32 Å². The molecule has 2 heterocycles. The first-order valence-electron chi connectivity index (χ1n) is 8.47. The molecule has 2 atom stereocenters. The van der Waals surface area contributed by atoms with Crippen LogP contribution in [0.2, 0.25) is 0 Å². The SMILES string of the molecule is CC1(C(=O)N2CCC(C(O)c3ccc(F)cc3)CC2)CCCN1. The van der Waals surface area contributed by atoms with Crippen LogP contribution < -0.4 is 5.32 Å². The van der Waals surface area contributed by atoms with Crippen molar-refractivity contribution in [2.24, 2.45) is 5.92 Å². The van der Waals surface area contributed by atoms with Gasteiger partial charge in [0, 0.05) is 13.1 Å². The molecule has 2 aliphatic heterocycles. The molecule has 0 aliphatic carbocycles. The molecule has 4 nitrogen and oxygen atoms in total. The minimum absolute atomic E-state index is 0.119. The Morgan fingerprint density at radius 1 is 1.35 bits per heavy atom. The highest BCUT2D eigenvalue weighted by Gasteiger charge is 2.40. The molecule has 2 N–H and O–H groups in total. The maximum absolute atomic E-state index is 13.0. The summed E-state index contributed by atoms with van der Waals surface area (Å²) in [6.07, 6.45) is 2.90. The van der Waals surface area contributed by atoms with Crippen LogP contribution in [0.3, 0.4) is 0 Å². The summed E-state index contributed by atoms with van der Waals surface area (Å²) in [5.41, 5.74) is 0.336. The number of halogens is 1. The fraction of sp³-hybridized carbons (Fsp3) is 0.611. The number of amides is 1. The average Bonchev–Trinajstić information content (AvgIpc) is 3.02. The van der Waals surface area contributed by atoms with Gasteiger partial charge in [0.1, 0.15) is 5.82 Å². The first-order chi connectivity index (χ1) is 11.0. The van der Waals surface area contributed by atoms with Crippen molar-refractivity contribution in [2.45, 2.75) is 44.2 Å². The predicted octanol–water partition coefficient (Wildman–Crippen LogP) is 2.24. The summed E-state index contributed by atoms with van der Waals surface area (Å²) in [6.45, 7) is 4.25. The smallest absolute Gasteiger partial charge is 0.242 e. The van der Waals surface area contributed by atoms with Gasteiger partial charge in [0.25, 0.3) is 0 Å². The van der Waals surface area contributed by atoms with Crippen molar-refractivity contribution in [1.29, 1.82) is 0 Å². The molecule has 0 bridgehead atoms. The third-order valence-corrected chi connectivity index (χ3v) is 5.33. The van der Waals surface area contributed by atoms with Gasteiger partial charge in [-0.25, -0.2) is 4.39 Å². The number of nitrogens with zero attached hydrogens (tertiary/aromatic N) is 1. The molecular formula is C18H25FN2O2. The first kappa shape index (κ1) is 16.4. The number of benzene rings is 1. The van der Waals surface area contributed by atoms with Crippen molar-refractivity contribution in [2.75, 3.05) is 19.6 Å². The monoisotopic (exact) mass is 320 g/mol. The van der Waals surface area contributed by atoms with Crippen molar-refractivity contribution < 1.29 is 14.3 Å². The first-order valence-corrected chi connectivity index (χ1v) is 8.47. The number of rotatable bonds is 3. The van der Waals surface area contributed by atoms with Crippen LogP contribution in [-0.2, 0) is 4.79 Å². The molecule has 2 aliphatic rings. The number of aliphatic hydroxyl groups excluding tert-OH is 1. The minimum atomic E-state index is -0.590. The zero-order valence-corrected chi connectivity index (χ0v) is 13.6. The van der Waals surface area contributed by atoms with Gasteiger partial charge in [-0.2, -0.15) is 0 Å². The Kier molecular flexibility index (Phi) is 4.69. The number of hydrogen-bond acceptors (Lipinski definition) is 3. The molecule has 1 aromatic carbocycles. The van der Waals surface area contributed by atoms with E-state index in [1.165, 1.54) is 12.1 Å². The lowest BCUT2D eigenvalue weighted by atomic mass is 9.86. The Labute approximate surface area is 136 Å². The van der Waals surface area contributed by atoms with Crippen LogP contribution in [0.1, 0.15) is 44.3 Å². The highest BCUT2D eigenvalue weighted by Crippen LogP contribution is 2.32. The molecule has 3 rings (SSSR count). The fourth-order valence-corrected chi connectivity index (χ4v) is 3.78. The Morgan fingerprint density at radius 2 is 2.00 bits per heavy atom. The van der Waals surface area contributed by atoms with E-state index in [0.29, 0.717) is 13.1 Å². The molecule has 0 saturated carbocycles. The predicted molar refractivity (Wildman–Crippen MR) is 86.3 cm³/mol. The lowest BCUT2D eigenvalue weighted by Gasteiger charge is -2.38. The Hall–Kier alpha value is -1.46. The lowest BCUT2D eigenvalue weighted by Crippen LogP contribution is -2.54. The largest absolute Gasteiger partial charge is 0.388 e. The third-order valence-electron chi connectivity index (χ3n) is 5.33. The molecule has 0 aromatic heterocycles. The van der Waals surface area contributed by atoms with E-state index < -0.39 is 11.6 Å². The van der Waals surface area contributed by atoms with Crippen molar-refractivity contribution in [3.05, 3.63) is 35.6 Å². The van der Waals surface area contributed by atoms with Crippen molar-refractivity contribution in [1.82, 2.24) is 10.2 Å². The number of hydrogen-bond donors (Lipinski definition) is 2. The van der Waals surface area contributed by atoms with Gasteiger partial charge in [0.2, 0.25) is 5.91 Å². The van der Waals surface area contributed by atoms with Crippen LogP contribution in [0.25, 0.3) is 0 Å². The molecule has 1 aromatic rings. The quantitative estimate of drug-likeness (QED) is 0.898. The van der Waals surface area contributed by atoms with Crippen molar-refractivity contribution >= 4 is 5.91 Å². The van der Waals surface area contributed by atoms with Crippen LogP contribution in [0.5, 0.6) is 0 Å². The summed E-state index contributed by atoms with van der Waals surface area (Å²) in [7, 11) is 0. The van der Waals surface area contributed by atoms with Crippen LogP contribution >= 0.6 is 0 Å². The summed E-state index contributed by atoms with van der Waals surface area (Å²) >= 11 is 0. The zero-order valence-electron chi connectivity index (χ0n) is 13.6. The maximum atomic E-state index is 13.0. The molecule has 2 unspecified atom stereocenters. The zero-order chi connectivity index (χ0) is 16.4. The highest BCUT2D eigenvalue weighted by atomic mass is 19.1. The van der Waals surface area contributed by atoms with Gasteiger partial charge >= 0.3 is 0 Å². The number of nitrogens with one attached hydrogen (secondary N) is 1. The van der Waals surface area contributed by atoms with Crippen LogP contribution in [-0.4, -0.2) is 41.1 Å². The standard InChI is InChI=1S/C18H25FN2O2/c1-18(9-2-10-20-18)17(23)21-11-7-14(8-12-21)16(22)13-3-5-15(19)6-4-13/h3-6,14,16,20,22H,2,7-12H2,1H3.